The van der Waals surface area contributed by atoms with Crippen molar-refractivity contribution in [3.63, 3.8) is 0 Å². The number of carbonyl (C=O) groups excluding carboxylic acids is 2. The molecule has 4 N–H and O–H groups in total. The van der Waals surface area contributed by atoms with E-state index in [-0.39, 0.29) is 54.2 Å². The van der Waals surface area contributed by atoms with Crippen LogP contribution in [0.5, 0.6) is 0 Å². The van der Waals surface area contributed by atoms with Crippen LogP contribution in [0, 0.1) is 11.8 Å². The van der Waals surface area contributed by atoms with Gasteiger partial charge < -0.3 is 21.1 Å². The molecule has 1 aliphatic heterocycles. The number of aliphatic hydroxyl groups excluding tert-OH is 1. The van der Waals surface area contributed by atoms with Crippen LogP contribution in [0.4, 0.5) is 0 Å². The third-order valence-corrected chi connectivity index (χ3v) is 3.98. The molecule has 2 heterocycles. The molecule has 142 valence electrons. The number of nitrogens with zero attached hydrogens (tertiary/aromatic N) is 1. The average Bonchev–Trinajstić information content (AvgIpc) is 2.95. The van der Waals surface area contributed by atoms with Crippen LogP contribution < -0.4 is 16.0 Å². The second-order valence-electron chi connectivity index (χ2n) is 6.14. The lowest BCUT2D eigenvalue weighted by molar-refractivity contribution is -0.124. The van der Waals surface area contributed by atoms with Gasteiger partial charge in [-0.1, -0.05) is 19.9 Å². The highest BCUT2D eigenvalue weighted by atomic mass is 35.5. The van der Waals surface area contributed by atoms with Gasteiger partial charge >= 0.3 is 0 Å². The Hall–Kier alpha value is -1.41. The molecule has 1 aromatic rings. The molecule has 1 fully saturated rings. The zero-order valence-corrected chi connectivity index (χ0v) is 15.9. The van der Waals surface area contributed by atoms with Crippen molar-refractivity contribution in [2.24, 2.45) is 11.8 Å². The highest BCUT2D eigenvalue weighted by molar-refractivity contribution is 5.96. The fourth-order valence-electron chi connectivity index (χ4n) is 2.52. The van der Waals surface area contributed by atoms with Gasteiger partial charge in [-0.2, -0.15) is 0 Å². The molecule has 7 nitrogen and oxygen atoms in total. The van der Waals surface area contributed by atoms with Crippen LogP contribution in [0.3, 0.4) is 0 Å². The summed E-state index contributed by atoms with van der Waals surface area (Å²) in [5, 5.41) is 18.4. The van der Waals surface area contributed by atoms with Crippen LogP contribution in [0.15, 0.2) is 24.4 Å². The normalized spacial score (nSPS) is 20.2. The zero-order valence-electron chi connectivity index (χ0n) is 14.3. The van der Waals surface area contributed by atoms with Crippen molar-refractivity contribution in [1.29, 1.82) is 0 Å². The van der Waals surface area contributed by atoms with Crippen molar-refractivity contribution < 1.29 is 14.7 Å². The number of amides is 2. The summed E-state index contributed by atoms with van der Waals surface area (Å²) in [7, 11) is 0. The molecule has 0 radical (unpaired) electrons. The first kappa shape index (κ1) is 23.6. The summed E-state index contributed by atoms with van der Waals surface area (Å²) in [6.07, 6.45) is 1.09. The van der Waals surface area contributed by atoms with E-state index in [4.69, 9.17) is 0 Å². The quantitative estimate of drug-likeness (QED) is 0.560. The van der Waals surface area contributed by atoms with Crippen LogP contribution >= 0.6 is 24.8 Å². The Morgan fingerprint density at radius 3 is 2.56 bits per heavy atom. The van der Waals surface area contributed by atoms with E-state index in [1.54, 1.807) is 18.2 Å². The summed E-state index contributed by atoms with van der Waals surface area (Å²) < 4.78 is 0. The second kappa shape index (κ2) is 11.3. The van der Waals surface area contributed by atoms with E-state index in [0.29, 0.717) is 19.6 Å². The van der Waals surface area contributed by atoms with E-state index >= 15 is 0 Å². The Bertz CT molecular complexity index is 545. The molecule has 1 saturated heterocycles. The number of aromatic nitrogens is 1. The maximum absolute atomic E-state index is 12.4. The molecular formula is C16H26Cl2N4O3. The number of pyridine rings is 1. The van der Waals surface area contributed by atoms with Gasteiger partial charge in [0.05, 0.1) is 6.10 Å². The van der Waals surface area contributed by atoms with Crippen molar-refractivity contribution in [2.45, 2.75) is 26.0 Å². The molecule has 1 aliphatic rings. The highest BCUT2D eigenvalue weighted by Gasteiger charge is 2.28. The summed E-state index contributed by atoms with van der Waals surface area (Å²) in [4.78, 5) is 28.5. The van der Waals surface area contributed by atoms with E-state index in [2.05, 4.69) is 20.9 Å². The minimum Gasteiger partial charge on any atom is -0.391 e. The first-order valence-electron chi connectivity index (χ1n) is 7.87. The largest absolute Gasteiger partial charge is 0.391 e. The fourth-order valence-corrected chi connectivity index (χ4v) is 2.52. The monoisotopic (exact) mass is 392 g/mol. The van der Waals surface area contributed by atoms with Crippen LogP contribution in [0.1, 0.15) is 24.3 Å². The summed E-state index contributed by atoms with van der Waals surface area (Å²) in [6.45, 7) is 5.35. The second-order valence-corrected chi connectivity index (χ2v) is 6.14. The number of hydrogen-bond acceptors (Lipinski definition) is 5. The van der Waals surface area contributed by atoms with Gasteiger partial charge in [0, 0.05) is 31.7 Å². The van der Waals surface area contributed by atoms with Gasteiger partial charge in [-0.15, -0.1) is 24.8 Å². The number of β-amino-alcohol motifs (C(OH)–C–C–N with tert-alkyl or cyclic N) is 1. The summed E-state index contributed by atoms with van der Waals surface area (Å²) >= 11 is 0. The lowest BCUT2D eigenvalue weighted by Crippen LogP contribution is -2.51. The van der Waals surface area contributed by atoms with Gasteiger partial charge in [-0.25, -0.2) is 0 Å². The van der Waals surface area contributed by atoms with E-state index in [1.807, 2.05) is 13.8 Å². The third kappa shape index (κ3) is 6.78. The Labute approximate surface area is 160 Å². The molecule has 3 atom stereocenters. The minimum atomic E-state index is -0.643. The van der Waals surface area contributed by atoms with Gasteiger partial charge in [-0.3, -0.25) is 14.6 Å². The average molecular weight is 393 g/mol. The predicted octanol–water partition coefficient (Wildman–Crippen LogP) is 0.376. The van der Waals surface area contributed by atoms with Crippen molar-refractivity contribution in [2.75, 3.05) is 19.6 Å². The minimum absolute atomic E-state index is 0. The maximum atomic E-state index is 12.4. The molecule has 1 aromatic heterocycles. The van der Waals surface area contributed by atoms with Crippen molar-refractivity contribution in [3.8, 4) is 0 Å². The number of hydrogen-bond donors (Lipinski definition) is 4. The zero-order chi connectivity index (χ0) is 16.8. The molecule has 0 aromatic carbocycles. The lowest BCUT2D eigenvalue weighted by Gasteiger charge is -2.23. The van der Waals surface area contributed by atoms with Crippen LogP contribution in [-0.2, 0) is 4.79 Å². The van der Waals surface area contributed by atoms with Crippen LogP contribution in [-0.4, -0.2) is 53.7 Å². The lowest BCUT2D eigenvalue weighted by atomic mass is 10.0. The molecule has 0 saturated carbocycles. The molecule has 0 aliphatic carbocycles. The van der Waals surface area contributed by atoms with Crippen molar-refractivity contribution in [1.82, 2.24) is 20.9 Å². The van der Waals surface area contributed by atoms with E-state index < -0.39 is 12.1 Å². The molecule has 25 heavy (non-hydrogen) atoms. The molecule has 0 bridgehead atoms. The van der Waals surface area contributed by atoms with Gasteiger partial charge in [0.2, 0.25) is 5.91 Å². The van der Waals surface area contributed by atoms with E-state index in [1.165, 1.54) is 6.20 Å². The van der Waals surface area contributed by atoms with Crippen molar-refractivity contribution in [3.05, 3.63) is 30.1 Å². The van der Waals surface area contributed by atoms with Gasteiger partial charge in [-0.05, 0) is 18.1 Å². The summed E-state index contributed by atoms with van der Waals surface area (Å²) in [5.41, 5.74) is 0.279. The van der Waals surface area contributed by atoms with Gasteiger partial charge in [0.1, 0.15) is 11.7 Å². The number of rotatable bonds is 6. The topological polar surface area (TPSA) is 103 Å². The van der Waals surface area contributed by atoms with Gasteiger partial charge in [0.15, 0.2) is 0 Å². The van der Waals surface area contributed by atoms with E-state index in [9.17, 15) is 14.7 Å². The molecule has 9 heteroatoms. The Balaban J connectivity index is 0.00000288. The molecule has 2 rings (SSSR count). The molecular weight excluding hydrogens is 367 g/mol. The first-order chi connectivity index (χ1) is 11.0. The number of halogens is 2. The summed E-state index contributed by atoms with van der Waals surface area (Å²) in [5.74, 6) is -0.682. The standard InChI is InChI=1S/C16H24N4O3.2ClH/c1-10(2)14(20-15(22)12-5-3-4-6-18-12)16(23)19-8-11-7-17-9-13(11)21;;/h3-6,10-11,13-14,17,21H,7-9H2,1-2H3,(H,19,23)(H,20,22);2*1H. The van der Waals surface area contributed by atoms with Crippen LogP contribution in [0.25, 0.3) is 0 Å². The molecule has 2 amide bonds. The maximum Gasteiger partial charge on any atom is 0.270 e. The van der Waals surface area contributed by atoms with Crippen molar-refractivity contribution >= 4 is 36.6 Å². The Morgan fingerprint density at radius 2 is 2.04 bits per heavy atom. The smallest absolute Gasteiger partial charge is 0.270 e. The number of nitrogens with one attached hydrogen (secondary N) is 3. The predicted molar refractivity (Wildman–Crippen MR) is 100 cm³/mol. The van der Waals surface area contributed by atoms with Crippen LogP contribution in [0.2, 0.25) is 0 Å². The number of carbonyl (C=O) groups is 2. The Morgan fingerprint density at radius 1 is 1.32 bits per heavy atom. The first-order valence-corrected chi connectivity index (χ1v) is 7.87. The SMILES string of the molecule is CC(C)C(NC(=O)c1ccccn1)C(=O)NCC1CNCC1O.Cl.Cl. The van der Waals surface area contributed by atoms with E-state index in [0.717, 1.165) is 0 Å². The highest BCUT2D eigenvalue weighted by Crippen LogP contribution is 2.08. The number of aliphatic hydroxyl groups is 1. The molecule has 0 spiro atoms. The third-order valence-electron chi connectivity index (χ3n) is 3.98. The molecule has 3 unspecified atom stereocenters. The fraction of sp³-hybridized carbons (Fsp3) is 0.562. The Kier molecular flexibility index (Phi) is 10.6. The summed E-state index contributed by atoms with van der Waals surface area (Å²) in [6, 6.07) is 4.41. The van der Waals surface area contributed by atoms with Gasteiger partial charge in [0.25, 0.3) is 5.91 Å².